The van der Waals surface area contributed by atoms with Gasteiger partial charge in [-0.2, -0.15) is 0 Å². The third-order valence-electron chi connectivity index (χ3n) is 14.4. The van der Waals surface area contributed by atoms with E-state index in [9.17, 15) is 0 Å². The van der Waals surface area contributed by atoms with Crippen molar-refractivity contribution in [3.63, 3.8) is 0 Å². The van der Waals surface area contributed by atoms with Crippen LogP contribution in [0, 0.1) is 0 Å². The lowest BCUT2D eigenvalue weighted by Gasteiger charge is -2.42. The molecule has 9 aromatic rings. The van der Waals surface area contributed by atoms with Gasteiger partial charge in [-0.05, 0) is 108 Å². The van der Waals surface area contributed by atoms with Gasteiger partial charge >= 0.3 is 0 Å². The van der Waals surface area contributed by atoms with Gasteiger partial charge in [-0.15, -0.1) is 0 Å². The van der Waals surface area contributed by atoms with Gasteiger partial charge in [0, 0.05) is 26.5 Å². The standard InChI is InChI=1S/C62H44N2S/c1-3-39-28-34-52-50(36-39)46-21-9-11-24-51(46)62(52)53-25-12-14-27-56(53)65-60-54(62)35-33-49-57(38(2)45-20-7-8-22-47(45)58(49)60)44-19-15-18-43(37-44)40-29-31-41(32-30-40)59-48-23-10-13-26-55(48)63-61(64-59)42-16-5-4-6-17-42/h4-37,57,61,64H,2-3H2,1H3. The first-order valence-corrected chi connectivity index (χ1v) is 23.6. The molecule has 0 fully saturated rings. The Kier molecular flexibility index (Phi) is 8.66. The van der Waals surface area contributed by atoms with Crippen molar-refractivity contribution >= 4 is 23.0 Å². The Labute approximate surface area is 384 Å². The molecule has 0 bridgehead atoms. The third kappa shape index (κ3) is 5.65. The van der Waals surface area contributed by atoms with Crippen LogP contribution in [0.4, 0.5) is 0 Å². The molecular formula is C62H44N2S. The lowest BCUT2D eigenvalue weighted by atomic mass is 9.65. The molecule has 308 valence electrons. The molecule has 2 nitrogen and oxygen atoms in total. The average Bonchev–Trinajstić information content (AvgIpc) is 3.66. The zero-order valence-electron chi connectivity index (χ0n) is 36.1. The van der Waals surface area contributed by atoms with E-state index in [0.29, 0.717) is 0 Å². The summed E-state index contributed by atoms with van der Waals surface area (Å²) < 4.78 is 0. The first-order valence-electron chi connectivity index (χ1n) is 22.8. The SMILES string of the molecule is C=C1c2ccccc2-c2c(ccc3c2Sc2ccccc2C32c3ccccc3-c3cc(CC)ccc32)C1c1cccc(-c2ccc(C3=c4ccccc4=NC(c4ccccc4)N3)cc2)c1. The molecule has 4 aliphatic rings. The van der Waals surface area contributed by atoms with Crippen molar-refractivity contribution in [2.75, 3.05) is 0 Å². The van der Waals surface area contributed by atoms with E-state index < -0.39 is 5.41 Å². The normalized spacial score (nSPS) is 18.2. The van der Waals surface area contributed by atoms with Gasteiger partial charge in [0.05, 0.1) is 16.5 Å². The van der Waals surface area contributed by atoms with Crippen molar-refractivity contribution in [3.05, 3.63) is 279 Å². The highest BCUT2D eigenvalue weighted by molar-refractivity contribution is 7.99. The number of fused-ring (bicyclic) bond motifs is 14. The monoisotopic (exact) mass is 848 g/mol. The van der Waals surface area contributed by atoms with Crippen LogP contribution >= 0.6 is 11.8 Å². The number of benzene rings is 9. The van der Waals surface area contributed by atoms with Crippen molar-refractivity contribution in [1.82, 2.24) is 5.32 Å². The minimum absolute atomic E-state index is 0.0226. The molecule has 1 spiro atoms. The largest absolute Gasteiger partial charge is 0.359 e. The molecule has 1 N–H and O–H groups in total. The van der Waals surface area contributed by atoms with E-state index in [1.54, 1.807) is 0 Å². The van der Waals surface area contributed by atoms with Crippen LogP contribution in [-0.4, -0.2) is 0 Å². The second-order valence-electron chi connectivity index (χ2n) is 17.7. The fourth-order valence-electron chi connectivity index (χ4n) is 11.4. The number of rotatable bonds is 5. The minimum Gasteiger partial charge on any atom is -0.359 e. The smallest absolute Gasteiger partial charge is 0.145 e. The van der Waals surface area contributed by atoms with Gasteiger partial charge in [-0.1, -0.05) is 219 Å². The number of allylic oxidation sites excluding steroid dienone is 1. The molecule has 3 heteroatoms. The van der Waals surface area contributed by atoms with E-state index >= 15 is 0 Å². The number of hydrogen-bond acceptors (Lipinski definition) is 3. The Hall–Kier alpha value is -7.46. The molecule has 3 unspecified atom stereocenters. The summed E-state index contributed by atoms with van der Waals surface area (Å²) in [5.74, 6) is -0.0226. The van der Waals surface area contributed by atoms with Crippen molar-refractivity contribution in [1.29, 1.82) is 0 Å². The first kappa shape index (κ1) is 38.0. The van der Waals surface area contributed by atoms with E-state index in [1.165, 1.54) is 87.7 Å². The number of nitrogens with one attached hydrogen (secondary N) is 1. The second-order valence-corrected chi connectivity index (χ2v) is 18.8. The van der Waals surface area contributed by atoms with Crippen LogP contribution < -0.4 is 15.9 Å². The summed E-state index contributed by atoms with van der Waals surface area (Å²) in [4.78, 5) is 7.74. The predicted octanol–water partition coefficient (Wildman–Crippen LogP) is 13.6. The van der Waals surface area contributed by atoms with Crippen LogP contribution in [0.5, 0.6) is 0 Å². The molecule has 2 aliphatic carbocycles. The Bertz CT molecular complexity index is 3570. The zero-order valence-corrected chi connectivity index (χ0v) is 36.9. The lowest BCUT2D eigenvalue weighted by Crippen LogP contribution is -2.39. The van der Waals surface area contributed by atoms with E-state index in [1.807, 2.05) is 11.8 Å². The summed E-state index contributed by atoms with van der Waals surface area (Å²) in [5, 5.41) is 5.89. The molecule has 0 aromatic heterocycles. The summed E-state index contributed by atoms with van der Waals surface area (Å²) in [6.45, 7) is 7.15. The summed E-state index contributed by atoms with van der Waals surface area (Å²) in [5.41, 5.74) is 22.3. The predicted molar refractivity (Wildman–Crippen MR) is 267 cm³/mol. The highest BCUT2D eigenvalue weighted by atomic mass is 32.2. The van der Waals surface area contributed by atoms with Crippen molar-refractivity contribution in [2.45, 2.75) is 40.6 Å². The van der Waals surface area contributed by atoms with Crippen molar-refractivity contribution < 1.29 is 0 Å². The number of nitrogens with zero attached hydrogens (tertiary/aromatic N) is 1. The van der Waals surface area contributed by atoms with E-state index in [0.717, 1.165) is 39.4 Å². The van der Waals surface area contributed by atoms with Crippen molar-refractivity contribution in [2.24, 2.45) is 4.99 Å². The fraction of sp³-hybridized carbons (Fsp3) is 0.0806. The number of aryl methyl sites for hydroxylation is 1. The highest BCUT2D eigenvalue weighted by Crippen LogP contribution is 2.65. The maximum absolute atomic E-state index is 5.08. The van der Waals surface area contributed by atoms with Gasteiger partial charge in [-0.25, -0.2) is 0 Å². The van der Waals surface area contributed by atoms with Crippen LogP contribution in [0.2, 0.25) is 0 Å². The molecule has 0 amide bonds. The molecule has 0 saturated carbocycles. The molecule has 65 heavy (non-hydrogen) atoms. The molecule has 13 rings (SSSR count). The second kappa shape index (κ2) is 14.8. The average molecular weight is 849 g/mol. The molecule has 3 atom stereocenters. The van der Waals surface area contributed by atoms with Gasteiger partial charge in [0.25, 0.3) is 0 Å². The van der Waals surface area contributed by atoms with Crippen molar-refractivity contribution in [3.8, 4) is 33.4 Å². The zero-order chi connectivity index (χ0) is 43.2. The quantitative estimate of drug-likeness (QED) is 0.187. The highest BCUT2D eigenvalue weighted by Gasteiger charge is 2.51. The Morgan fingerprint density at radius 2 is 1.22 bits per heavy atom. The lowest BCUT2D eigenvalue weighted by molar-refractivity contribution is 0.634. The third-order valence-corrected chi connectivity index (χ3v) is 15.6. The minimum atomic E-state index is -0.444. The Morgan fingerprint density at radius 1 is 0.538 bits per heavy atom. The molecule has 2 aliphatic heterocycles. The van der Waals surface area contributed by atoms with Crippen LogP contribution in [0.1, 0.15) is 74.6 Å². The van der Waals surface area contributed by atoms with Crippen LogP contribution in [0.25, 0.3) is 44.7 Å². The maximum atomic E-state index is 5.08. The topological polar surface area (TPSA) is 24.4 Å². The van der Waals surface area contributed by atoms with Crippen LogP contribution in [0.3, 0.4) is 0 Å². The molecular weight excluding hydrogens is 805 g/mol. The maximum Gasteiger partial charge on any atom is 0.145 e. The van der Waals surface area contributed by atoms with E-state index in [2.05, 4.69) is 218 Å². The van der Waals surface area contributed by atoms with Gasteiger partial charge in [0.15, 0.2) is 0 Å². The summed E-state index contributed by atoms with van der Waals surface area (Å²) in [6.07, 6.45) is 0.851. The summed E-state index contributed by atoms with van der Waals surface area (Å²) in [6, 6.07) is 76.5. The number of para-hydroxylation sites is 1. The van der Waals surface area contributed by atoms with Gasteiger partial charge in [0.1, 0.15) is 6.17 Å². The Morgan fingerprint density at radius 3 is 2.06 bits per heavy atom. The molecule has 2 heterocycles. The van der Waals surface area contributed by atoms with E-state index in [-0.39, 0.29) is 12.1 Å². The molecule has 0 saturated heterocycles. The summed E-state index contributed by atoms with van der Waals surface area (Å²) >= 11 is 1.94. The first-order chi connectivity index (χ1) is 32.1. The fourth-order valence-corrected chi connectivity index (χ4v) is 12.8. The van der Waals surface area contributed by atoms with Crippen LogP contribution in [0.15, 0.2) is 228 Å². The molecule has 9 aromatic carbocycles. The molecule has 0 radical (unpaired) electrons. The Balaban J connectivity index is 0.945. The summed E-state index contributed by atoms with van der Waals surface area (Å²) in [7, 11) is 0. The van der Waals surface area contributed by atoms with Gasteiger partial charge in [0.2, 0.25) is 0 Å². The van der Waals surface area contributed by atoms with Gasteiger partial charge < -0.3 is 5.32 Å². The van der Waals surface area contributed by atoms with Gasteiger partial charge in [-0.3, -0.25) is 4.99 Å². The van der Waals surface area contributed by atoms with E-state index in [4.69, 9.17) is 11.6 Å². The van der Waals surface area contributed by atoms with Crippen LogP contribution in [-0.2, 0) is 11.8 Å². The number of hydrogen-bond donors (Lipinski definition) is 1.